The molecule has 2 aromatic carbocycles. The minimum absolute atomic E-state index is 0.0195. The molecule has 43 heavy (non-hydrogen) atoms. The van der Waals surface area contributed by atoms with Crippen molar-refractivity contribution in [2.75, 3.05) is 11.6 Å². The van der Waals surface area contributed by atoms with Gasteiger partial charge in [-0.1, -0.05) is 66.4 Å². The zero-order chi connectivity index (χ0) is 31.1. The Morgan fingerprint density at radius 3 is 2.37 bits per heavy atom. The Morgan fingerprint density at radius 2 is 1.70 bits per heavy atom. The van der Waals surface area contributed by atoms with Gasteiger partial charge >= 0.3 is 0 Å². The van der Waals surface area contributed by atoms with Crippen LogP contribution < -0.4 is 10.6 Å². The molecule has 3 unspecified atom stereocenters. The largest absolute Gasteiger partial charge is 0.381 e. The lowest BCUT2D eigenvalue weighted by atomic mass is 9.97. The van der Waals surface area contributed by atoms with Gasteiger partial charge in [-0.25, -0.2) is 9.97 Å². The lowest BCUT2D eigenvalue weighted by Crippen LogP contribution is -2.58. The van der Waals surface area contributed by atoms with Gasteiger partial charge in [-0.05, 0) is 63.8 Å². The second kappa shape index (κ2) is 14.4. The van der Waals surface area contributed by atoms with Gasteiger partial charge in [0.1, 0.15) is 6.04 Å². The molecule has 0 saturated carbocycles. The quantitative estimate of drug-likeness (QED) is 0.219. The van der Waals surface area contributed by atoms with Gasteiger partial charge in [-0.2, -0.15) is 0 Å². The monoisotopic (exact) mass is 621 g/mol. The molecule has 11 heteroatoms. The molecule has 3 aromatic rings. The number of hydrogen-bond acceptors (Lipinski definition) is 8. The Morgan fingerprint density at radius 1 is 1.05 bits per heavy atom. The van der Waals surface area contributed by atoms with Gasteiger partial charge in [0.15, 0.2) is 11.3 Å². The molecular weight excluding hydrogens is 583 g/mol. The third-order valence-corrected chi connectivity index (χ3v) is 9.59. The molecule has 0 bridgehead atoms. The Labute approximate surface area is 261 Å². The topological polar surface area (TPSA) is 125 Å². The first-order valence-corrected chi connectivity index (χ1v) is 16.1. The number of aromatic nitrogens is 2. The number of aryl methyl sites for hydroxylation is 3. The fourth-order valence-electron chi connectivity index (χ4n) is 5.09. The molecule has 1 aliphatic rings. The van der Waals surface area contributed by atoms with E-state index in [0.717, 1.165) is 28.1 Å². The minimum atomic E-state index is -1.56. The molecule has 228 valence electrons. The SMILES string of the molecule is Cc1cc(C)nc(SCC(=O)NC(Cc2ccccc2)C(O)C(=O)N2CSC(C)(C)C2C(=O)NCc2ccccc2C)n1. The van der Waals surface area contributed by atoms with E-state index >= 15 is 0 Å². The van der Waals surface area contributed by atoms with Crippen LogP contribution in [-0.4, -0.2) is 72.3 Å². The fourth-order valence-corrected chi connectivity index (χ4v) is 6.99. The average molecular weight is 622 g/mol. The first-order valence-electron chi connectivity index (χ1n) is 14.2. The number of carbonyl (C=O) groups is 3. The fraction of sp³-hybridized carbons (Fsp3) is 0.406. The summed E-state index contributed by atoms with van der Waals surface area (Å²) in [7, 11) is 0. The van der Waals surface area contributed by atoms with Crippen molar-refractivity contribution in [1.29, 1.82) is 0 Å². The zero-order valence-corrected chi connectivity index (χ0v) is 26.8. The molecular formula is C32H39N5O4S2. The molecule has 1 aliphatic heterocycles. The Kier molecular flexibility index (Phi) is 10.9. The number of thioether (sulfide) groups is 2. The minimum Gasteiger partial charge on any atom is -0.381 e. The highest BCUT2D eigenvalue weighted by molar-refractivity contribution is 8.01. The summed E-state index contributed by atoms with van der Waals surface area (Å²) in [6.45, 7) is 9.89. The summed E-state index contributed by atoms with van der Waals surface area (Å²) < 4.78 is -0.577. The molecule has 0 aliphatic carbocycles. The lowest BCUT2D eigenvalue weighted by Gasteiger charge is -2.33. The standard InChI is InChI=1S/C32H39N5O4S2/c1-20-11-9-10-14-24(20)17-33-29(40)28-32(4,5)43-19-37(28)30(41)27(39)25(16-23-12-7-6-8-13-23)36-26(38)18-42-31-34-21(2)15-22(3)35-31/h6-15,25,27-28,39H,16-19H2,1-5H3,(H,33,40)(H,36,38). The van der Waals surface area contributed by atoms with Gasteiger partial charge in [0, 0.05) is 22.7 Å². The van der Waals surface area contributed by atoms with E-state index < -0.39 is 28.8 Å². The molecule has 0 radical (unpaired) electrons. The van der Waals surface area contributed by atoms with E-state index in [0.29, 0.717) is 11.7 Å². The maximum atomic E-state index is 13.8. The van der Waals surface area contributed by atoms with Crippen LogP contribution in [0, 0.1) is 20.8 Å². The van der Waals surface area contributed by atoms with Crippen LogP contribution in [0.15, 0.2) is 65.8 Å². The number of hydrogen-bond donors (Lipinski definition) is 3. The van der Waals surface area contributed by atoms with Crippen molar-refractivity contribution < 1.29 is 19.5 Å². The Hall–Kier alpha value is -3.41. The number of aliphatic hydroxyl groups excluding tert-OH is 1. The van der Waals surface area contributed by atoms with Crippen molar-refractivity contribution in [2.24, 2.45) is 0 Å². The van der Waals surface area contributed by atoms with Crippen molar-refractivity contribution in [2.45, 2.75) is 75.7 Å². The second-order valence-corrected chi connectivity index (χ2v) is 13.8. The van der Waals surface area contributed by atoms with Crippen LogP contribution in [0.3, 0.4) is 0 Å². The summed E-state index contributed by atoms with van der Waals surface area (Å²) in [6.07, 6.45) is -1.33. The predicted octanol–water partition coefficient (Wildman–Crippen LogP) is 3.58. The molecule has 0 spiro atoms. The molecule has 3 atom stereocenters. The van der Waals surface area contributed by atoms with Gasteiger partial charge in [-0.3, -0.25) is 14.4 Å². The third-order valence-electron chi connectivity index (χ3n) is 7.36. The first kappa shape index (κ1) is 32.5. The van der Waals surface area contributed by atoms with Crippen LogP contribution in [0.25, 0.3) is 0 Å². The summed E-state index contributed by atoms with van der Waals surface area (Å²) in [4.78, 5) is 50.6. The molecule has 3 N–H and O–H groups in total. The average Bonchev–Trinajstić information content (AvgIpc) is 3.29. The maximum absolute atomic E-state index is 13.8. The van der Waals surface area contributed by atoms with E-state index in [-0.39, 0.29) is 29.9 Å². The predicted molar refractivity (Wildman–Crippen MR) is 171 cm³/mol. The van der Waals surface area contributed by atoms with Gasteiger partial charge < -0.3 is 20.6 Å². The highest BCUT2D eigenvalue weighted by Gasteiger charge is 2.49. The number of nitrogens with one attached hydrogen (secondary N) is 2. The van der Waals surface area contributed by atoms with Gasteiger partial charge in [0.25, 0.3) is 5.91 Å². The van der Waals surface area contributed by atoms with Gasteiger partial charge in [0.2, 0.25) is 11.8 Å². The summed E-state index contributed by atoms with van der Waals surface area (Å²) in [5, 5.41) is 17.8. The van der Waals surface area contributed by atoms with Crippen LogP contribution in [0.2, 0.25) is 0 Å². The van der Waals surface area contributed by atoms with E-state index in [1.54, 1.807) is 0 Å². The number of nitrogens with zero attached hydrogens (tertiary/aromatic N) is 3. The Balaban J connectivity index is 1.48. The summed E-state index contributed by atoms with van der Waals surface area (Å²) in [5.74, 6) is -0.972. The first-order chi connectivity index (χ1) is 20.4. The second-order valence-electron chi connectivity index (χ2n) is 11.3. The number of carbonyl (C=O) groups excluding carboxylic acids is 3. The molecule has 2 heterocycles. The Bertz CT molecular complexity index is 1430. The number of aliphatic hydroxyl groups is 1. The maximum Gasteiger partial charge on any atom is 0.254 e. The zero-order valence-electron chi connectivity index (χ0n) is 25.2. The number of rotatable bonds is 11. The van der Waals surface area contributed by atoms with Crippen molar-refractivity contribution in [1.82, 2.24) is 25.5 Å². The highest BCUT2D eigenvalue weighted by Crippen LogP contribution is 2.40. The van der Waals surface area contributed by atoms with E-state index in [2.05, 4.69) is 20.6 Å². The van der Waals surface area contributed by atoms with Crippen LogP contribution in [0.5, 0.6) is 0 Å². The van der Waals surface area contributed by atoms with Crippen molar-refractivity contribution >= 4 is 41.2 Å². The summed E-state index contributed by atoms with van der Waals surface area (Å²) in [5.41, 5.74) is 4.53. The van der Waals surface area contributed by atoms with E-state index in [9.17, 15) is 19.5 Å². The molecule has 1 saturated heterocycles. The smallest absolute Gasteiger partial charge is 0.254 e. The number of benzene rings is 2. The molecule has 1 fully saturated rings. The van der Waals surface area contributed by atoms with E-state index in [1.165, 1.54) is 28.4 Å². The van der Waals surface area contributed by atoms with Crippen LogP contribution in [-0.2, 0) is 27.3 Å². The summed E-state index contributed by atoms with van der Waals surface area (Å²) >= 11 is 2.67. The highest BCUT2D eigenvalue weighted by atomic mass is 32.2. The summed E-state index contributed by atoms with van der Waals surface area (Å²) in [6, 6.07) is 17.3. The van der Waals surface area contributed by atoms with Gasteiger partial charge in [-0.15, -0.1) is 11.8 Å². The molecule has 9 nitrogen and oxygen atoms in total. The normalized spacial score (nSPS) is 17.3. The van der Waals surface area contributed by atoms with Crippen molar-refractivity contribution in [3.63, 3.8) is 0 Å². The lowest BCUT2D eigenvalue weighted by molar-refractivity contribution is -0.147. The third kappa shape index (κ3) is 8.58. The molecule has 4 rings (SSSR count). The van der Waals surface area contributed by atoms with Crippen LogP contribution >= 0.6 is 23.5 Å². The van der Waals surface area contributed by atoms with Crippen molar-refractivity contribution in [3.05, 3.63) is 88.7 Å². The van der Waals surface area contributed by atoms with Crippen LogP contribution in [0.1, 0.15) is 41.9 Å². The van der Waals surface area contributed by atoms with Gasteiger partial charge in [0.05, 0.1) is 17.7 Å². The number of amides is 3. The van der Waals surface area contributed by atoms with E-state index in [4.69, 9.17) is 0 Å². The molecule has 3 amide bonds. The van der Waals surface area contributed by atoms with Crippen molar-refractivity contribution in [3.8, 4) is 0 Å². The van der Waals surface area contributed by atoms with Crippen LogP contribution in [0.4, 0.5) is 0 Å². The van der Waals surface area contributed by atoms with E-state index in [1.807, 2.05) is 95.3 Å². The molecule has 1 aromatic heterocycles.